The fraction of sp³-hybridized carbons (Fsp3) is 0.308. The third kappa shape index (κ3) is 2.34. The number of carbonyl (C=O) groups is 1. The highest BCUT2D eigenvalue weighted by Gasteiger charge is 2.27. The van der Waals surface area contributed by atoms with Gasteiger partial charge in [0.25, 0.3) is 0 Å². The highest BCUT2D eigenvalue weighted by molar-refractivity contribution is 5.83. The first-order valence-electron chi connectivity index (χ1n) is 5.22. The van der Waals surface area contributed by atoms with Gasteiger partial charge in [0.05, 0.1) is 6.54 Å². The van der Waals surface area contributed by atoms with Crippen LogP contribution in [0, 0.1) is 0 Å². The monoisotopic (exact) mass is 201 g/mol. The molecule has 0 bridgehead atoms. The predicted octanol–water partition coefficient (Wildman–Crippen LogP) is 2.02. The van der Waals surface area contributed by atoms with E-state index in [2.05, 4.69) is 23.6 Å². The fourth-order valence-electron chi connectivity index (χ4n) is 1.99. The van der Waals surface area contributed by atoms with Crippen molar-refractivity contribution in [2.24, 2.45) is 0 Å². The number of likely N-dealkylation sites (tertiary alicyclic amines) is 1. The molecule has 0 saturated carbocycles. The van der Waals surface area contributed by atoms with Crippen molar-refractivity contribution in [1.82, 2.24) is 4.90 Å². The molecule has 1 fully saturated rings. The van der Waals surface area contributed by atoms with E-state index in [4.69, 9.17) is 0 Å². The topological polar surface area (TPSA) is 20.3 Å². The van der Waals surface area contributed by atoms with E-state index in [9.17, 15) is 4.79 Å². The van der Waals surface area contributed by atoms with Gasteiger partial charge in [-0.25, -0.2) is 0 Å². The molecular weight excluding hydrogens is 186 g/mol. The Morgan fingerprint density at radius 3 is 2.80 bits per heavy atom. The van der Waals surface area contributed by atoms with Gasteiger partial charge in [-0.3, -0.25) is 9.69 Å². The molecule has 0 amide bonds. The first kappa shape index (κ1) is 10.1. The quantitative estimate of drug-likeness (QED) is 0.697. The summed E-state index contributed by atoms with van der Waals surface area (Å²) in [4.78, 5) is 13.5. The molecule has 78 valence electrons. The van der Waals surface area contributed by atoms with E-state index < -0.39 is 0 Å². The number of hydrogen-bond acceptors (Lipinski definition) is 2. The van der Waals surface area contributed by atoms with Crippen LogP contribution < -0.4 is 0 Å². The van der Waals surface area contributed by atoms with Crippen LogP contribution in [0.5, 0.6) is 0 Å². The number of benzene rings is 1. The van der Waals surface area contributed by atoms with E-state index in [0.717, 1.165) is 6.54 Å². The summed E-state index contributed by atoms with van der Waals surface area (Å²) in [7, 11) is 0. The van der Waals surface area contributed by atoms with Gasteiger partial charge in [-0.15, -0.1) is 6.58 Å². The second-order valence-corrected chi connectivity index (χ2v) is 3.94. The Hall–Kier alpha value is -1.41. The summed E-state index contributed by atoms with van der Waals surface area (Å²) >= 11 is 0. The summed E-state index contributed by atoms with van der Waals surface area (Å²) < 4.78 is 0. The number of rotatable bonds is 3. The van der Waals surface area contributed by atoms with E-state index in [1.807, 2.05) is 24.3 Å². The Morgan fingerprint density at radius 1 is 1.40 bits per heavy atom. The van der Waals surface area contributed by atoms with Crippen LogP contribution in [-0.2, 0) is 11.3 Å². The minimum atomic E-state index is 0.220. The van der Waals surface area contributed by atoms with Gasteiger partial charge in [0, 0.05) is 19.0 Å². The lowest BCUT2D eigenvalue weighted by atomic mass is 10.2. The summed E-state index contributed by atoms with van der Waals surface area (Å²) in [6, 6.07) is 10.4. The van der Waals surface area contributed by atoms with Crippen molar-refractivity contribution in [3.63, 3.8) is 0 Å². The average molecular weight is 201 g/mol. The van der Waals surface area contributed by atoms with Crippen molar-refractivity contribution in [3.8, 4) is 0 Å². The molecule has 2 rings (SSSR count). The molecule has 2 nitrogen and oxygen atoms in total. The first-order chi connectivity index (χ1) is 7.29. The predicted molar refractivity (Wildman–Crippen MR) is 60.5 cm³/mol. The van der Waals surface area contributed by atoms with E-state index in [1.165, 1.54) is 5.56 Å². The van der Waals surface area contributed by atoms with E-state index >= 15 is 0 Å². The summed E-state index contributed by atoms with van der Waals surface area (Å²) in [5, 5.41) is 0. The van der Waals surface area contributed by atoms with E-state index in [-0.39, 0.29) is 6.04 Å². The minimum Gasteiger partial charge on any atom is -0.298 e. The molecular formula is C13H15NO. The average Bonchev–Trinajstić information content (AvgIpc) is 2.60. The van der Waals surface area contributed by atoms with Gasteiger partial charge in [0.15, 0.2) is 0 Å². The molecule has 15 heavy (non-hydrogen) atoms. The van der Waals surface area contributed by atoms with Crippen molar-refractivity contribution < 1.29 is 4.79 Å². The number of Topliss-reactive ketones (excluding diaryl/α,β-unsaturated/α-hetero) is 1. The maximum atomic E-state index is 11.3. The molecule has 0 aliphatic carbocycles. The first-order valence-corrected chi connectivity index (χ1v) is 5.22. The lowest BCUT2D eigenvalue weighted by molar-refractivity contribution is -0.116. The zero-order chi connectivity index (χ0) is 10.7. The Morgan fingerprint density at radius 2 is 2.13 bits per heavy atom. The van der Waals surface area contributed by atoms with Crippen LogP contribution in [0.2, 0.25) is 0 Å². The van der Waals surface area contributed by atoms with Gasteiger partial charge < -0.3 is 0 Å². The second kappa shape index (κ2) is 4.41. The van der Waals surface area contributed by atoms with Gasteiger partial charge in [-0.1, -0.05) is 36.4 Å². The SMILES string of the molecule is C=C[C@@H]1CC(=O)CN1Cc1ccccc1. The molecule has 0 aromatic heterocycles. The lowest BCUT2D eigenvalue weighted by Crippen LogP contribution is -2.27. The molecule has 1 heterocycles. The largest absolute Gasteiger partial charge is 0.298 e. The zero-order valence-electron chi connectivity index (χ0n) is 8.73. The van der Waals surface area contributed by atoms with Crippen molar-refractivity contribution in [1.29, 1.82) is 0 Å². The number of carbonyl (C=O) groups excluding carboxylic acids is 1. The van der Waals surface area contributed by atoms with Crippen LogP contribution in [-0.4, -0.2) is 23.3 Å². The molecule has 2 heteroatoms. The normalized spacial score (nSPS) is 21.9. The van der Waals surface area contributed by atoms with E-state index in [1.54, 1.807) is 0 Å². The molecule has 1 aromatic rings. The number of nitrogens with zero attached hydrogens (tertiary/aromatic N) is 1. The Kier molecular flexibility index (Phi) is 2.97. The van der Waals surface area contributed by atoms with Crippen LogP contribution >= 0.6 is 0 Å². The highest BCUT2D eigenvalue weighted by Crippen LogP contribution is 2.18. The van der Waals surface area contributed by atoms with E-state index in [0.29, 0.717) is 18.7 Å². The van der Waals surface area contributed by atoms with Crippen molar-refractivity contribution in [2.45, 2.75) is 19.0 Å². The number of hydrogen-bond donors (Lipinski definition) is 0. The van der Waals surface area contributed by atoms with Gasteiger partial charge >= 0.3 is 0 Å². The molecule has 0 unspecified atom stereocenters. The van der Waals surface area contributed by atoms with Crippen LogP contribution in [0.4, 0.5) is 0 Å². The van der Waals surface area contributed by atoms with Crippen LogP contribution in [0.1, 0.15) is 12.0 Å². The highest BCUT2D eigenvalue weighted by atomic mass is 16.1. The second-order valence-electron chi connectivity index (χ2n) is 3.94. The molecule has 1 aliphatic heterocycles. The van der Waals surface area contributed by atoms with Crippen LogP contribution in [0.15, 0.2) is 43.0 Å². The van der Waals surface area contributed by atoms with Crippen molar-refractivity contribution in [3.05, 3.63) is 48.6 Å². The lowest BCUT2D eigenvalue weighted by Gasteiger charge is -2.20. The third-order valence-corrected chi connectivity index (χ3v) is 2.79. The molecule has 1 saturated heterocycles. The Labute approximate surface area is 90.2 Å². The maximum Gasteiger partial charge on any atom is 0.148 e. The summed E-state index contributed by atoms with van der Waals surface area (Å²) in [5.41, 5.74) is 1.25. The van der Waals surface area contributed by atoms with Gasteiger partial charge in [0.2, 0.25) is 0 Å². The van der Waals surface area contributed by atoms with Gasteiger partial charge in [-0.05, 0) is 5.56 Å². The summed E-state index contributed by atoms with van der Waals surface area (Å²) in [6.07, 6.45) is 2.49. The van der Waals surface area contributed by atoms with Crippen molar-refractivity contribution in [2.75, 3.05) is 6.54 Å². The third-order valence-electron chi connectivity index (χ3n) is 2.79. The molecule has 0 spiro atoms. The van der Waals surface area contributed by atoms with Gasteiger partial charge in [-0.2, -0.15) is 0 Å². The van der Waals surface area contributed by atoms with Crippen molar-refractivity contribution >= 4 is 5.78 Å². The smallest absolute Gasteiger partial charge is 0.148 e. The fourth-order valence-corrected chi connectivity index (χ4v) is 1.99. The Bertz CT molecular complexity index is 358. The standard InChI is InChI=1S/C13H15NO/c1-2-12-8-13(15)10-14(12)9-11-6-4-3-5-7-11/h2-7,12H,1,8-10H2/t12-/m1/s1. The minimum absolute atomic E-state index is 0.220. The molecule has 0 radical (unpaired) electrons. The summed E-state index contributed by atoms with van der Waals surface area (Å²) in [6.45, 7) is 5.17. The number of ketones is 1. The van der Waals surface area contributed by atoms with Crippen LogP contribution in [0.25, 0.3) is 0 Å². The zero-order valence-corrected chi connectivity index (χ0v) is 8.73. The molecule has 1 atom stereocenters. The summed E-state index contributed by atoms with van der Waals surface area (Å²) in [5.74, 6) is 0.316. The molecule has 0 N–H and O–H groups in total. The van der Waals surface area contributed by atoms with Crippen LogP contribution in [0.3, 0.4) is 0 Å². The maximum absolute atomic E-state index is 11.3. The Balaban J connectivity index is 2.06. The van der Waals surface area contributed by atoms with Gasteiger partial charge in [0.1, 0.15) is 5.78 Å². The molecule has 1 aromatic carbocycles. The molecule has 1 aliphatic rings.